The van der Waals surface area contributed by atoms with Gasteiger partial charge in [-0.15, -0.1) is 0 Å². The van der Waals surface area contributed by atoms with Crippen molar-refractivity contribution in [3.8, 4) is 6.07 Å². The van der Waals surface area contributed by atoms with Gasteiger partial charge in [-0.05, 0) is 32.1 Å². The van der Waals surface area contributed by atoms with Crippen molar-refractivity contribution in [2.75, 3.05) is 6.61 Å². The van der Waals surface area contributed by atoms with Crippen LogP contribution in [0.3, 0.4) is 0 Å². The molecular formula is C13H21NO2. The molecule has 0 radical (unpaired) electrons. The van der Waals surface area contributed by atoms with Crippen LogP contribution in [0, 0.1) is 22.7 Å². The molecule has 4 atom stereocenters. The molecule has 3 heteroatoms. The molecule has 2 aliphatic rings. The van der Waals surface area contributed by atoms with Gasteiger partial charge in [0.05, 0.1) is 23.2 Å². The Morgan fingerprint density at radius 2 is 2.06 bits per heavy atom. The molecule has 3 nitrogen and oxygen atoms in total. The molecule has 1 saturated heterocycles. The van der Waals surface area contributed by atoms with Crippen LogP contribution in [0.4, 0.5) is 0 Å². The molecule has 1 heterocycles. The molecule has 90 valence electrons. The van der Waals surface area contributed by atoms with Crippen molar-refractivity contribution in [2.24, 2.45) is 11.3 Å². The van der Waals surface area contributed by atoms with Crippen LogP contribution in [0.25, 0.3) is 0 Å². The molecular weight excluding hydrogens is 202 g/mol. The van der Waals surface area contributed by atoms with Crippen molar-refractivity contribution in [1.82, 2.24) is 0 Å². The predicted octanol–water partition coefficient (Wildman–Crippen LogP) is 2.25. The Hall–Kier alpha value is -0.590. The zero-order chi connectivity index (χ0) is 11.8. The number of ether oxygens (including phenoxy) is 1. The average Bonchev–Trinajstić information content (AvgIpc) is 2.61. The van der Waals surface area contributed by atoms with Gasteiger partial charge in [-0.3, -0.25) is 0 Å². The lowest BCUT2D eigenvalue weighted by molar-refractivity contribution is -0.146. The van der Waals surface area contributed by atoms with Gasteiger partial charge in [-0.25, -0.2) is 0 Å². The summed E-state index contributed by atoms with van der Waals surface area (Å²) in [7, 11) is 0. The molecule has 0 aromatic carbocycles. The van der Waals surface area contributed by atoms with E-state index in [0.717, 1.165) is 19.3 Å². The highest BCUT2D eigenvalue weighted by molar-refractivity contribution is 5.15. The van der Waals surface area contributed by atoms with Gasteiger partial charge >= 0.3 is 0 Å². The lowest BCUT2D eigenvalue weighted by Crippen LogP contribution is -2.51. The zero-order valence-corrected chi connectivity index (χ0v) is 10.2. The Balaban J connectivity index is 2.23. The SMILES string of the molecule is CC1CCC(C#N)(C2(O)CCOC(C)C2)C1. The summed E-state index contributed by atoms with van der Waals surface area (Å²) in [6.45, 7) is 4.73. The van der Waals surface area contributed by atoms with E-state index in [-0.39, 0.29) is 6.10 Å². The Bertz CT molecular complexity index is 312. The van der Waals surface area contributed by atoms with Crippen LogP contribution in [0.15, 0.2) is 0 Å². The average molecular weight is 223 g/mol. The van der Waals surface area contributed by atoms with Crippen LogP contribution < -0.4 is 0 Å². The smallest absolute Gasteiger partial charge is 0.0879 e. The van der Waals surface area contributed by atoms with E-state index in [1.807, 2.05) is 6.92 Å². The maximum absolute atomic E-state index is 10.8. The first-order valence-corrected chi connectivity index (χ1v) is 6.27. The highest BCUT2D eigenvalue weighted by Gasteiger charge is 2.55. The molecule has 2 rings (SSSR count). The molecule has 1 aliphatic carbocycles. The summed E-state index contributed by atoms with van der Waals surface area (Å²) in [5, 5.41) is 20.3. The van der Waals surface area contributed by atoms with Gasteiger partial charge in [0.15, 0.2) is 0 Å². The molecule has 16 heavy (non-hydrogen) atoms. The van der Waals surface area contributed by atoms with Crippen molar-refractivity contribution in [1.29, 1.82) is 5.26 Å². The van der Waals surface area contributed by atoms with Gasteiger partial charge in [-0.2, -0.15) is 5.26 Å². The monoisotopic (exact) mass is 223 g/mol. The summed E-state index contributed by atoms with van der Waals surface area (Å²) in [6, 6.07) is 2.43. The third-order valence-electron chi connectivity index (χ3n) is 4.41. The van der Waals surface area contributed by atoms with Gasteiger partial charge in [0, 0.05) is 19.4 Å². The van der Waals surface area contributed by atoms with Crippen LogP contribution in [0.2, 0.25) is 0 Å². The second-order valence-corrected chi connectivity index (χ2v) is 5.71. The predicted molar refractivity (Wildman–Crippen MR) is 60.7 cm³/mol. The number of nitriles is 1. The van der Waals surface area contributed by atoms with E-state index in [0.29, 0.717) is 25.4 Å². The summed E-state index contributed by atoms with van der Waals surface area (Å²) in [5.74, 6) is 0.557. The van der Waals surface area contributed by atoms with E-state index in [1.54, 1.807) is 0 Å². The second kappa shape index (κ2) is 4.01. The van der Waals surface area contributed by atoms with Crippen LogP contribution in [0.5, 0.6) is 0 Å². The quantitative estimate of drug-likeness (QED) is 0.741. The van der Waals surface area contributed by atoms with Crippen LogP contribution in [0.1, 0.15) is 46.0 Å². The first-order chi connectivity index (χ1) is 7.51. The Morgan fingerprint density at radius 3 is 2.56 bits per heavy atom. The Kier molecular flexibility index (Phi) is 2.98. The van der Waals surface area contributed by atoms with E-state index in [9.17, 15) is 10.4 Å². The van der Waals surface area contributed by atoms with E-state index in [2.05, 4.69) is 13.0 Å². The molecule has 0 spiro atoms. The zero-order valence-electron chi connectivity index (χ0n) is 10.2. The van der Waals surface area contributed by atoms with E-state index >= 15 is 0 Å². The lowest BCUT2D eigenvalue weighted by atomic mass is 9.66. The minimum atomic E-state index is -0.829. The highest BCUT2D eigenvalue weighted by atomic mass is 16.5. The van der Waals surface area contributed by atoms with Gasteiger partial charge in [0.2, 0.25) is 0 Å². The maximum atomic E-state index is 10.8. The topological polar surface area (TPSA) is 53.2 Å². The fraction of sp³-hybridized carbons (Fsp3) is 0.923. The van der Waals surface area contributed by atoms with E-state index < -0.39 is 11.0 Å². The summed E-state index contributed by atoms with van der Waals surface area (Å²) in [4.78, 5) is 0. The first-order valence-electron chi connectivity index (χ1n) is 6.27. The number of aliphatic hydroxyl groups is 1. The third-order valence-corrected chi connectivity index (χ3v) is 4.41. The second-order valence-electron chi connectivity index (χ2n) is 5.71. The van der Waals surface area contributed by atoms with Crippen molar-refractivity contribution >= 4 is 0 Å². The lowest BCUT2D eigenvalue weighted by Gasteiger charge is -2.45. The van der Waals surface area contributed by atoms with E-state index in [1.165, 1.54) is 0 Å². The number of rotatable bonds is 1. The fourth-order valence-electron chi connectivity index (χ4n) is 3.42. The molecule has 1 saturated carbocycles. The van der Waals surface area contributed by atoms with Crippen LogP contribution in [-0.4, -0.2) is 23.4 Å². The van der Waals surface area contributed by atoms with Crippen molar-refractivity contribution < 1.29 is 9.84 Å². The van der Waals surface area contributed by atoms with Gasteiger partial charge < -0.3 is 9.84 Å². The molecule has 0 amide bonds. The summed E-state index contributed by atoms with van der Waals surface area (Å²) < 4.78 is 5.48. The van der Waals surface area contributed by atoms with Crippen molar-refractivity contribution in [2.45, 2.75) is 57.7 Å². The number of nitrogens with zero attached hydrogens (tertiary/aromatic N) is 1. The third kappa shape index (κ3) is 1.74. The van der Waals surface area contributed by atoms with E-state index in [4.69, 9.17) is 4.74 Å². The Labute approximate surface area is 97.4 Å². The Morgan fingerprint density at radius 1 is 1.31 bits per heavy atom. The molecule has 1 N–H and O–H groups in total. The van der Waals surface area contributed by atoms with Crippen LogP contribution in [-0.2, 0) is 4.74 Å². The number of hydrogen-bond acceptors (Lipinski definition) is 3. The maximum Gasteiger partial charge on any atom is 0.0879 e. The molecule has 0 aromatic rings. The molecule has 0 aromatic heterocycles. The number of hydrogen-bond donors (Lipinski definition) is 1. The van der Waals surface area contributed by atoms with Crippen LogP contribution >= 0.6 is 0 Å². The molecule has 4 unspecified atom stereocenters. The van der Waals surface area contributed by atoms with Gasteiger partial charge in [-0.1, -0.05) is 6.92 Å². The standard InChI is InChI=1S/C13H21NO2/c1-10-3-4-12(7-10,9-14)13(15)5-6-16-11(2)8-13/h10-11,15H,3-8H2,1-2H3. The minimum Gasteiger partial charge on any atom is -0.388 e. The summed E-state index contributed by atoms with van der Waals surface area (Å²) >= 11 is 0. The van der Waals surface area contributed by atoms with Gasteiger partial charge in [0.25, 0.3) is 0 Å². The molecule has 2 fully saturated rings. The molecule has 1 aliphatic heterocycles. The first kappa shape index (κ1) is 11.9. The normalized spacial score (nSPS) is 48.9. The fourth-order valence-corrected chi connectivity index (χ4v) is 3.42. The largest absolute Gasteiger partial charge is 0.388 e. The molecule has 0 bridgehead atoms. The highest BCUT2D eigenvalue weighted by Crippen LogP contribution is 2.52. The summed E-state index contributed by atoms with van der Waals surface area (Å²) in [6.07, 6.45) is 4.02. The minimum absolute atomic E-state index is 0.0693. The van der Waals surface area contributed by atoms with Crippen molar-refractivity contribution in [3.05, 3.63) is 0 Å². The van der Waals surface area contributed by atoms with Crippen molar-refractivity contribution in [3.63, 3.8) is 0 Å². The van der Waals surface area contributed by atoms with Gasteiger partial charge in [0.1, 0.15) is 0 Å². The summed E-state index contributed by atoms with van der Waals surface area (Å²) in [5.41, 5.74) is -1.35.